The molecule has 0 saturated carbocycles. The first-order chi connectivity index (χ1) is 53.6. The van der Waals surface area contributed by atoms with Crippen LogP contribution in [-0.4, -0.2) is 97.9 Å². The summed E-state index contributed by atoms with van der Waals surface area (Å²) in [6.45, 7) is 45.6. The number of carbonyl (C=O) groups excluding carboxylic acids is 4. The molecule has 2 aliphatic rings. The van der Waals surface area contributed by atoms with Crippen LogP contribution in [0.5, 0.6) is 0 Å². The van der Waals surface area contributed by atoms with Gasteiger partial charge in [-0.1, -0.05) is 226 Å². The lowest BCUT2D eigenvalue weighted by Gasteiger charge is -2.32. The van der Waals surface area contributed by atoms with E-state index in [1.54, 1.807) is 30.5 Å². The quantitative estimate of drug-likeness (QED) is 0.0856. The molecule has 5 heterocycles. The molecule has 0 radical (unpaired) electrons. The normalized spacial score (nSPS) is 12.1. The Balaban J connectivity index is 0.000000325. The van der Waals surface area contributed by atoms with E-state index in [1.807, 2.05) is 176 Å². The number of sulfone groups is 1. The first kappa shape index (κ1) is 97.4. The highest BCUT2D eigenvalue weighted by Crippen LogP contribution is 2.27. The molecule has 3 N–H and O–H groups in total. The van der Waals surface area contributed by atoms with Gasteiger partial charge in [-0.2, -0.15) is 0 Å². The van der Waals surface area contributed by atoms with Gasteiger partial charge in [-0.05, 0) is 232 Å². The van der Waals surface area contributed by atoms with Crippen molar-refractivity contribution in [2.45, 2.75) is 144 Å². The number of aryl methyl sites for hydroxylation is 15. The molecule has 12 nitrogen and oxygen atoms in total. The largest absolute Gasteiger partial charge is 0.352 e. The van der Waals surface area contributed by atoms with E-state index in [4.69, 9.17) is 23.9 Å². The number of carbonyl (C=O) groups is 4. The molecule has 2 aliphatic heterocycles. The molecule has 113 heavy (non-hydrogen) atoms. The van der Waals surface area contributed by atoms with E-state index in [2.05, 4.69) is 173 Å². The lowest BCUT2D eigenvalue weighted by molar-refractivity contribution is 0.0668. The minimum absolute atomic E-state index is 0.00231. The number of likely N-dealkylation sites (N-methyl/N-ethyl adjacent to an activating group) is 1. The number of hydrogen-bond acceptors (Lipinski definition) is 11. The van der Waals surface area contributed by atoms with Crippen LogP contribution >= 0.6 is 34.3 Å². The second-order valence-electron chi connectivity index (χ2n) is 28.1. The van der Waals surface area contributed by atoms with Gasteiger partial charge in [-0.3, -0.25) is 19.2 Å². The molecule has 2 saturated heterocycles. The third-order valence-electron chi connectivity index (χ3n) is 17.2. The van der Waals surface area contributed by atoms with Gasteiger partial charge in [-0.25, -0.2) is 22.6 Å². The van der Waals surface area contributed by atoms with Crippen LogP contribution in [0.3, 0.4) is 0 Å². The lowest BCUT2D eigenvalue weighted by Crippen LogP contribution is -2.46. The SMILES string of the molecule is CC(=O)c1cccc(C)c1.CCNC(=O)c1ccc(C)cc1.CCc1ccc(C)cc1.Cc1cc(C)cc(F)c1.Cc1ccc(C(=O)C2CCS(=O)(=O)CC2)s1.Cc1ccc(C(=O)N2CCN(C)CC2)s1.Cc1ccc(CN)cc1.Cc1cccc(C)c1.Cc1cccc(C)c1.Cc1ccnc(Cl)c1.[C-]#[N+]c1cccc(C)c1. The van der Waals surface area contributed by atoms with Gasteiger partial charge in [0.15, 0.2) is 17.3 Å². The maximum atomic E-state index is 12.4. The third kappa shape index (κ3) is 42.6. The van der Waals surface area contributed by atoms with Gasteiger partial charge in [0, 0.05) is 72.3 Å². The molecule has 0 atom stereocenters. The maximum absolute atomic E-state index is 12.4. The van der Waals surface area contributed by atoms with Crippen molar-refractivity contribution >= 4 is 73.2 Å². The van der Waals surface area contributed by atoms with Crippen molar-refractivity contribution in [1.82, 2.24) is 20.1 Å². The van der Waals surface area contributed by atoms with Crippen LogP contribution < -0.4 is 11.1 Å². The van der Waals surface area contributed by atoms with E-state index in [0.717, 1.165) is 91.9 Å². The van der Waals surface area contributed by atoms with Crippen molar-refractivity contribution in [3.63, 3.8) is 0 Å². The Morgan fingerprint density at radius 3 is 1.29 bits per heavy atom. The van der Waals surface area contributed by atoms with Gasteiger partial charge < -0.3 is 20.9 Å². The van der Waals surface area contributed by atoms with E-state index in [0.29, 0.717) is 31.1 Å². The fourth-order valence-corrected chi connectivity index (χ4v) is 14.2. The van der Waals surface area contributed by atoms with Crippen molar-refractivity contribution < 1.29 is 32.0 Å². The second-order valence-corrected chi connectivity index (χ2v) is 33.4. The average Bonchev–Trinajstić information content (AvgIpc) is 1.79. The molecule has 0 bridgehead atoms. The van der Waals surface area contributed by atoms with Crippen LogP contribution in [0.4, 0.5) is 10.1 Å². The molecule has 17 heteroatoms. The minimum Gasteiger partial charge on any atom is -0.352 e. The smallest absolute Gasteiger partial charge is 0.264 e. The number of amides is 2. The van der Waals surface area contributed by atoms with Crippen molar-refractivity contribution in [2.24, 2.45) is 11.7 Å². The van der Waals surface area contributed by atoms with Crippen LogP contribution in [-0.2, 0) is 22.8 Å². The van der Waals surface area contributed by atoms with Gasteiger partial charge in [0.05, 0.1) is 27.8 Å². The van der Waals surface area contributed by atoms with Crippen molar-refractivity contribution in [3.05, 3.63) is 362 Å². The number of piperazine rings is 1. The Labute approximate surface area is 688 Å². The summed E-state index contributed by atoms with van der Waals surface area (Å²) in [5, 5.41) is 3.30. The summed E-state index contributed by atoms with van der Waals surface area (Å²) >= 11 is 8.61. The molecule has 13 rings (SSSR count). The fraction of sp³-hybridized carbons (Fsp3) is 0.312. The summed E-state index contributed by atoms with van der Waals surface area (Å²) in [5.41, 5.74) is 24.8. The van der Waals surface area contributed by atoms with E-state index in [-0.39, 0.29) is 46.6 Å². The molecular formula is C96H118ClFN6O6S3. The van der Waals surface area contributed by atoms with Crippen LogP contribution in [0.15, 0.2) is 231 Å². The molecule has 0 aliphatic carbocycles. The Kier molecular flexibility index (Phi) is 45.9. The number of nitrogens with two attached hydrogens (primary N) is 1. The predicted molar refractivity (Wildman–Crippen MR) is 476 cm³/mol. The highest BCUT2D eigenvalue weighted by Gasteiger charge is 2.29. The number of halogens is 2. The summed E-state index contributed by atoms with van der Waals surface area (Å²) in [4.78, 5) is 61.4. The first-order valence-electron chi connectivity index (χ1n) is 38.0. The maximum Gasteiger partial charge on any atom is 0.264 e. The monoisotopic (exact) mass is 1600 g/mol. The lowest BCUT2D eigenvalue weighted by atomic mass is 9.97. The number of benzene rings is 8. The van der Waals surface area contributed by atoms with Gasteiger partial charge in [0.25, 0.3) is 11.8 Å². The van der Waals surface area contributed by atoms with E-state index in [9.17, 15) is 32.0 Å². The zero-order valence-corrected chi connectivity index (χ0v) is 72.8. The molecule has 0 unspecified atom stereocenters. The Morgan fingerprint density at radius 1 is 0.513 bits per heavy atom. The first-order valence-corrected chi connectivity index (χ1v) is 41.9. The Hall–Kier alpha value is -9.83. The number of ketones is 2. The van der Waals surface area contributed by atoms with Crippen molar-refractivity contribution in [3.8, 4) is 0 Å². The standard InChI is InChI=1S/C11H16N2OS.C11H14O3S2.C10H13NO.C9H10O.C9H12.C8H9F.C8H7N.C8H11N.2C8H10.C6H6ClN/c1-9-3-4-10(15-9)11(14)13-7-5-12(2)6-8-13;1-8-2-3-10(15-8)11(12)9-4-6-16(13,14)7-5-9;1-3-11-10(12)9-6-4-8(2)5-7-9;1-7-4-3-5-9(6-7)8(2)10;1-3-9-6-4-8(2)5-7-9;1-6-3-7(2)5-8(9)4-6;1-7-4-3-5-8(6-7)9-2;1-7-2-4-8(6-9)5-3-7;2*1-7-4-3-5-8(2)6-7;1-5-2-3-8-6(7)4-5/h3-4H,5-8H2,1-2H3;2-3,9H,4-7H2,1H3;4-7H,3H2,1-2H3,(H,11,12);3-6H,1-2H3;4-7H,3H2,1-2H3;3-5H,1-2H3;3-6H,1H3;2-5H,6,9H2,1H3;2*3-6H,1-2H3;2-4H,1H3. The fourth-order valence-electron chi connectivity index (χ4n) is 10.7. The summed E-state index contributed by atoms with van der Waals surface area (Å²) in [6, 6.07) is 72.9. The average molecular weight is 1600 g/mol. The number of Topliss-reactive ketones (excluding diaryl/α,β-unsaturated/α-hetero) is 2. The van der Waals surface area contributed by atoms with Crippen molar-refractivity contribution in [1.29, 1.82) is 0 Å². The summed E-state index contributed by atoms with van der Waals surface area (Å²) in [5.74, 6) is 0.520. The number of thiophene rings is 2. The molecule has 0 spiro atoms. The molecular weight excluding hydrogens is 1480 g/mol. The van der Waals surface area contributed by atoms with Crippen LogP contribution in [0.2, 0.25) is 5.15 Å². The van der Waals surface area contributed by atoms with Crippen LogP contribution in [0.25, 0.3) is 4.85 Å². The van der Waals surface area contributed by atoms with Crippen LogP contribution in [0.1, 0.15) is 161 Å². The van der Waals surface area contributed by atoms with Crippen molar-refractivity contribution in [2.75, 3.05) is 51.3 Å². The third-order valence-corrected chi connectivity index (χ3v) is 21.1. The molecule has 8 aromatic carbocycles. The molecule has 2 fully saturated rings. The minimum atomic E-state index is -2.87. The number of pyridine rings is 1. The second kappa shape index (κ2) is 53.2. The highest BCUT2D eigenvalue weighted by atomic mass is 35.5. The number of hydrogen-bond donors (Lipinski definition) is 2. The zero-order chi connectivity index (χ0) is 84.0. The number of aromatic nitrogens is 1. The summed E-state index contributed by atoms with van der Waals surface area (Å²) < 4.78 is 34.9. The predicted octanol–water partition coefficient (Wildman–Crippen LogP) is 23.1. The molecule has 11 aromatic rings. The highest BCUT2D eigenvalue weighted by molar-refractivity contribution is 7.91. The van der Waals surface area contributed by atoms with E-state index in [1.165, 1.54) is 78.4 Å². The Bertz CT molecular complexity index is 4550. The van der Waals surface area contributed by atoms with Gasteiger partial charge >= 0.3 is 0 Å². The topological polar surface area (TPSA) is 164 Å². The molecule has 2 amide bonds. The van der Waals surface area contributed by atoms with Crippen LogP contribution in [0, 0.1) is 115 Å². The van der Waals surface area contributed by atoms with E-state index >= 15 is 0 Å². The number of rotatable bonds is 8. The number of nitrogens with zero attached hydrogens (tertiary/aromatic N) is 4. The zero-order valence-electron chi connectivity index (χ0n) is 69.6. The van der Waals surface area contributed by atoms with Gasteiger partial charge in [0.2, 0.25) is 0 Å². The van der Waals surface area contributed by atoms with Gasteiger partial charge in [0.1, 0.15) is 20.8 Å². The summed E-state index contributed by atoms with van der Waals surface area (Å²) in [7, 11) is -0.781. The molecule has 3 aromatic heterocycles. The Morgan fingerprint density at radius 2 is 0.938 bits per heavy atom. The van der Waals surface area contributed by atoms with E-state index < -0.39 is 9.84 Å². The molecule has 600 valence electrons. The number of nitrogens with one attached hydrogen (secondary N) is 1. The summed E-state index contributed by atoms with van der Waals surface area (Å²) in [6.07, 6.45) is 3.80. The van der Waals surface area contributed by atoms with Gasteiger partial charge in [-0.15, -0.1) is 22.7 Å².